The summed E-state index contributed by atoms with van der Waals surface area (Å²) in [5.41, 5.74) is 1.41. The van der Waals surface area contributed by atoms with Crippen molar-refractivity contribution in [3.05, 3.63) is 35.4 Å². The predicted molar refractivity (Wildman–Crippen MR) is 156 cm³/mol. The van der Waals surface area contributed by atoms with Crippen LogP contribution in [-0.2, 0) is 27.6 Å². The molecule has 7 rings (SSSR count). The average molecular weight is 568 g/mol. The van der Waals surface area contributed by atoms with Gasteiger partial charge in [0.1, 0.15) is 4.75 Å². The summed E-state index contributed by atoms with van der Waals surface area (Å²) in [4.78, 5) is 17.2. The molecule has 2 heterocycles. The fourth-order valence-corrected chi connectivity index (χ4v) is 13.7. The topological polar surface area (TPSA) is 76.1 Å². The number of fused-ring (bicyclic) bond motifs is 11. The van der Waals surface area contributed by atoms with Crippen molar-refractivity contribution in [3.63, 3.8) is 0 Å². The summed E-state index contributed by atoms with van der Waals surface area (Å²) < 4.78 is 25.7. The Morgan fingerprint density at radius 2 is 1.88 bits per heavy atom. The lowest BCUT2D eigenvalue weighted by atomic mass is 9.65. The largest absolute Gasteiger partial charge is 0.493 e. The Labute approximate surface area is 241 Å². The summed E-state index contributed by atoms with van der Waals surface area (Å²) in [7, 11) is 1.93. The second-order valence-corrected chi connectivity index (χ2v) is 15.8. The monoisotopic (exact) mass is 567 g/mol. The summed E-state index contributed by atoms with van der Waals surface area (Å²) >= 11 is 0. The molecule has 6 aliphatic rings. The number of aliphatic hydroxyl groups excluding tert-OH is 1. The molecule has 40 heavy (non-hydrogen) atoms. The zero-order valence-electron chi connectivity index (χ0n) is 24.7. The van der Waals surface area contributed by atoms with E-state index >= 15 is 9.00 Å². The lowest BCUT2D eigenvalue weighted by molar-refractivity contribution is -0.134. The molecular weight excluding hydrogens is 522 g/mol. The number of amides is 1. The third-order valence-corrected chi connectivity index (χ3v) is 15.1. The standard InChI is InChI=1S/C33H45NO5S/c1-6-7-12-32-24-18-26(39-5)25(38-4)16-20(24)11-14-34(32)29(36)33(23-9-8-21(15-23)28(32)33)40(37)19-31-13-10-22(17-27(31)35)30(31,2)3/h8-9,16,18,21-23,27-28,35H,6-7,10-15,17,19H2,1-5H3/t21-,22-,23+,27-,28+,31-,32-,33-,40-/m1/s1. The van der Waals surface area contributed by atoms with Crippen LogP contribution in [0.5, 0.6) is 11.5 Å². The van der Waals surface area contributed by atoms with E-state index < -0.39 is 27.2 Å². The summed E-state index contributed by atoms with van der Waals surface area (Å²) in [5.74, 6) is 2.54. The van der Waals surface area contributed by atoms with Crippen LogP contribution in [0.4, 0.5) is 0 Å². The number of carbonyl (C=O) groups excluding carboxylic acids is 1. The normalized spacial score (nSPS) is 42.2. The van der Waals surface area contributed by atoms with Crippen LogP contribution in [-0.4, -0.2) is 57.5 Å². The van der Waals surface area contributed by atoms with Gasteiger partial charge in [-0.05, 0) is 79.0 Å². The highest BCUT2D eigenvalue weighted by Crippen LogP contribution is 2.71. The Bertz CT molecular complexity index is 1310. The maximum atomic E-state index is 15.2. The minimum absolute atomic E-state index is 0.0150. The van der Waals surface area contributed by atoms with Gasteiger partial charge in [0, 0.05) is 40.3 Å². The maximum Gasteiger partial charge on any atom is 0.243 e. The Hall–Kier alpha value is -1.86. The van der Waals surface area contributed by atoms with Crippen molar-refractivity contribution in [3.8, 4) is 11.5 Å². The zero-order chi connectivity index (χ0) is 28.2. The molecule has 1 aromatic carbocycles. The molecule has 4 fully saturated rings. The molecule has 0 aromatic heterocycles. The molecule has 3 saturated carbocycles. The summed E-state index contributed by atoms with van der Waals surface area (Å²) in [6.45, 7) is 7.39. The van der Waals surface area contributed by atoms with Crippen molar-refractivity contribution < 1.29 is 23.6 Å². The van der Waals surface area contributed by atoms with Gasteiger partial charge in [-0.3, -0.25) is 9.00 Å². The van der Waals surface area contributed by atoms with Gasteiger partial charge >= 0.3 is 0 Å². The van der Waals surface area contributed by atoms with Crippen LogP contribution in [0.1, 0.15) is 76.8 Å². The number of methoxy groups -OCH3 is 2. The molecule has 2 aliphatic heterocycles. The molecule has 0 spiro atoms. The van der Waals surface area contributed by atoms with Crippen LogP contribution in [0.2, 0.25) is 0 Å². The minimum Gasteiger partial charge on any atom is -0.493 e. The van der Waals surface area contributed by atoms with Gasteiger partial charge in [-0.1, -0.05) is 45.8 Å². The van der Waals surface area contributed by atoms with Gasteiger partial charge < -0.3 is 19.5 Å². The van der Waals surface area contributed by atoms with Gasteiger partial charge in [0.05, 0.1) is 25.9 Å². The van der Waals surface area contributed by atoms with Crippen LogP contribution in [0.15, 0.2) is 24.3 Å². The van der Waals surface area contributed by atoms with E-state index in [0.717, 1.165) is 57.1 Å². The first-order valence-electron chi connectivity index (χ1n) is 15.5. The van der Waals surface area contributed by atoms with E-state index in [2.05, 4.69) is 50.0 Å². The van der Waals surface area contributed by atoms with Crippen molar-refractivity contribution in [2.75, 3.05) is 26.5 Å². The summed E-state index contributed by atoms with van der Waals surface area (Å²) in [6.07, 6.45) is 11.4. The molecule has 218 valence electrons. The molecule has 1 amide bonds. The van der Waals surface area contributed by atoms with Gasteiger partial charge in [0.15, 0.2) is 11.5 Å². The molecule has 4 aliphatic carbocycles. The van der Waals surface area contributed by atoms with Crippen molar-refractivity contribution in [2.24, 2.45) is 34.5 Å². The number of aliphatic hydroxyl groups is 1. The first kappa shape index (κ1) is 27.0. The quantitative estimate of drug-likeness (QED) is 0.448. The fourth-order valence-electron chi connectivity index (χ4n) is 10.8. The van der Waals surface area contributed by atoms with Crippen molar-refractivity contribution >= 4 is 16.7 Å². The van der Waals surface area contributed by atoms with Gasteiger partial charge in [-0.15, -0.1) is 0 Å². The number of nitrogens with zero attached hydrogens (tertiary/aromatic N) is 1. The number of rotatable bonds is 8. The maximum absolute atomic E-state index is 15.2. The SMILES string of the molecule is CCCC[C@]12c3cc(OC)c(OC)cc3CCN1C(=O)[C@]1([S@](=O)C[C@]34CC[C@H](C[C@H]3O)C4(C)C)[C@H]2[C@@H]2C=C[C@H]1C2. The van der Waals surface area contributed by atoms with Crippen LogP contribution in [0.25, 0.3) is 0 Å². The highest BCUT2D eigenvalue weighted by molar-refractivity contribution is 7.87. The highest BCUT2D eigenvalue weighted by atomic mass is 32.2. The predicted octanol–water partition coefficient (Wildman–Crippen LogP) is 4.98. The van der Waals surface area contributed by atoms with Crippen LogP contribution >= 0.6 is 0 Å². The van der Waals surface area contributed by atoms with Crippen molar-refractivity contribution in [1.29, 1.82) is 0 Å². The summed E-state index contributed by atoms with van der Waals surface area (Å²) in [5, 5.41) is 11.4. The average Bonchev–Trinajstić information content (AvgIpc) is 3.70. The number of hydrogen-bond donors (Lipinski definition) is 1. The number of allylic oxidation sites excluding steroid dienone is 2. The lowest BCUT2D eigenvalue weighted by Crippen LogP contribution is -2.55. The van der Waals surface area contributed by atoms with E-state index in [4.69, 9.17) is 9.47 Å². The Balaban J connectivity index is 1.41. The van der Waals surface area contributed by atoms with E-state index in [9.17, 15) is 5.11 Å². The molecular formula is C33H45NO5S. The lowest BCUT2D eigenvalue weighted by Gasteiger charge is -2.49. The molecule has 0 radical (unpaired) electrons. The molecule has 7 heteroatoms. The molecule has 1 saturated heterocycles. The number of ether oxygens (including phenoxy) is 2. The highest BCUT2D eigenvalue weighted by Gasteiger charge is 2.78. The van der Waals surface area contributed by atoms with Gasteiger partial charge in [-0.2, -0.15) is 0 Å². The number of carbonyl (C=O) groups is 1. The van der Waals surface area contributed by atoms with Crippen LogP contribution in [0, 0.1) is 34.5 Å². The minimum atomic E-state index is -1.42. The van der Waals surface area contributed by atoms with Crippen molar-refractivity contribution in [1.82, 2.24) is 4.90 Å². The third-order valence-electron chi connectivity index (χ3n) is 12.9. The number of unbranched alkanes of at least 4 members (excludes halogenated alkanes) is 1. The second kappa shape index (κ2) is 8.82. The number of benzene rings is 1. The Morgan fingerprint density at radius 3 is 2.52 bits per heavy atom. The molecule has 1 N–H and O–H groups in total. The third kappa shape index (κ3) is 2.94. The Morgan fingerprint density at radius 1 is 1.12 bits per heavy atom. The van der Waals surface area contributed by atoms with Crippen LogP contribution < -0.4 is 9.47 Å². The van der Waals surface area contributed by atoms with Crippen molar-refractivity contribution in [2.45, 2.75) is 88.5 Å². The zero-order valence-corrected chi connectivity index (χ0v) is 25.5. The van der Waals surface area contributed by atoms with E-state index in [-0.39, 0.29) is 34.5 Å². The van der Waals surface area contributed by atoms with E-state index in [1.165, 1.54) is 11.1 Å². The Kier molecular flexibility index (Phi) is 5.96. The van der Waals surface area contributed by atoms with Gasteiger partial charge in [-0.25, -0.2) is 0 Å². The first-order valence-corrected chi connectivity index (χ1v) is 16.8. The van der Waals surface area contributed by atoms with Gasteiger partial charge in [0.25, 0.3) is 0 Å². The molecule has 4 bridgehead atoms. The second-order valence-electron chi connectivity index (χ2n) is 14.1. The van der Waals surface area contributed by atoms with E-state index in [1.807, 2.05) is 0 Å². The molecule has 6 nitrogen and oxygen atoms in total. The van der Waals surface area contributed by atoms with E-state index in [0.29, 0.717) is 24.0 Å². The first-order chi connectivity index (χ1) is 19.1. The molecule has 9 atom stereocenters. The van der Waals surface area contributed by atoms with Crippen LogP contribution in [0.3, 0.4) is 0 Å². The van der Waals surface area contributed by atoms with E-state index in [1.54, 1.807) is 14.2 Å². The van der Waals surface area contributed by atoms with Gasteiger partial charge in [0.2, 0.25) is 5.91 Å². The summed E-state index contributed by atoms with van der Waals surface area (Å²) in [6, 6.07) is 4.24. The number of hydrogen-bond acceptors (Lipinski definition) is 5. The molecule has 1 aromatic rings. The molecule has 0 unspecified atom stereocenters. The smallest absolute Gasteiger partial charge is 0.243 e. The fraction of sp³-hybridized carbons (Fsp3) is 0.727.